The van der Waals surface area contributed by atoms with Gasteiger partial charge in [-0.05, 0) is 32.0 Å². The summed E-state index contributed by atoms with van der Waals surface area (Å²) < 4.78 is 6.60. The number of nitrogens with zero attached hydrogens (tertiary/aromatic N) is 2. The Hall–Kier alpha value is -1.33. The average Bonchev–Trinajstić information content (AvgIpc) is 2.33. The minimum absolute atomic E-state index is 0.462. The molecule has 4 nitrogen and oxygen atoms in total. The average molecular weight is 343 g/mol. The molecule has 0 aliphatic carbocycles. The zero-order valence-corrected chi connectivity index (χ0v) is 12.9. The number of aromatic nitrogens is 2. The molecule has 0 radical (unpaired) electrons. The molecule has 1 heterocycles. The summed E-state index contributed by atoms with van der Waals surface area (Å²) in [5.74, 6) is 2.38. The molecule has 0 unspecified atom stereocenters. The van der Waals surface area contributed by atoms with Gasteiger partial charge in [-0.25, -0.2) is 4.98 Å². The molecular weight excluding hydrogens is 330 g/mol. The maximum atomic E-state index is 6.08. The van der Waals surface area contributed by atoms with Gasteiger partial charge in [-0.15, -0.1) is 0 Å². The molecule has 0 spiro atoms. The Labute approximate surface area is 125 Å². The molecule has 1 aromatic heterocycles. The van der Waals surface area contributed by atoms with E-state index in [1.54, 1.807) is 18.2 Å². The molecule has 0 amide bonds. The monoisotopic (exact) mass is 341 g/mol. The molecule has 0 atom stereocenters. The maximum Gasteiger partial charge on any atom is 0.224 e. The van der Waals surface area contributed by atoms with Crippen molar-refractivity contribution in [1.82, 2.24) is 9.97 Å². The molecule has 19 heavy (non-hydrogen) atoms. The summed E-state index contributed by atoms with van der Waals surface area (Å²) in [6.07, 6.45) is 0. The Morgan fingerprint density at radius 1 is 1.32 bits per heavy atom. The first-order chi connectivity index (χ1) is 9.08. The summed E-state index contributed by atoms with van der Waals surface area (Å²) in [5, 5.41) is 3.66. The highest BCUT2D eigenvalue weighted by Gasteiger charge is 2.07. The summed E-state index contributed by atoms with van der Waals surface area (Å²) in [7, 11) is 0. The molecule has 1 N–H and O–H groups in total. The minimum atomic E-state index is 0.462. The fourth-order valence-electron chi connectivity index (χ4n) is 1.53. The van der Waals surface area contributed by atoms with Gasteiger partial charge in [0, 0.05) is 17.1 Å². The van der Waals surface area contributed by atoms with E-state index in [-0.39, 0.29) is 0 Å². The molecule has 0 aliphatic rings. The highest BCUT2D eigenvalue weighted by atomic mass is 79.9. The van der Waals surface area contributed by atoms with Gasteiger partial charge < -0.3 is 10.1 Å². The third-order valence-electron chi connectivity index (χ3n) is 2.28. The van der Waals surface area contributed by atoms with Crippen molar-refractivity contribution in [2.45, 2.75) is 13.8 Å². The first kappa shape index (κ1) is 14.1. The number of rotatable bonds is 4. The van der Waals surface area contributed by atoms with Crippen molar-refractivity contribution in [2.24, 2.45) is 0 Å². The van der Waals surface area contributed by atoms with Crippen LogP contribution >= 0.6 is 27.5 Å². The lowest BCUT2D eigenvalue weighted by atomic mass is 10.3. The molecule has 1 aromatic carbocycles. The molecule has 2 rings (SSSR count). The highest BCUT2D eigenvalue weighted by Crippen LogP contribution is 2.31. The summed E-state index contributed by atoms with van der Waals surface area (Å²) in [6, 6.07) is 7.16. The fourth-order valence-corrected chi connectivity index (χ4v) is 2.03. The summed E-state index contributed by atoms with van der Waals surface area (Å²) in [4.78, 5) is 8.50. The van der Waals surface area contributed by atoms with Crippen molar-refractivity contribution in [1.29, 1.82) is 0 Å². The van der Waals surface area contributed by atoms with Crippen molar-refractivity contribution in [3.63, 3.8) is 0 Å². The fraction of sp³-hybridized carbons (Fsp3) is 0.231. The Morgan fingerprint density at radius 3 is 2.84 bits per heavy atom. The van der Waals surface area contributed by atoms with E-state index in [1.807, 2.05) is 19.9 Å². The van der Waals surface area contributed by atoms with Gasteiger partial charge in [0.2, 0.25) is 5.88 Å². The number of aryl methyl sites for hydroxylation is 1. The number of halogens is 2. The van der Waals surface area contributed by atoms with E-state index in [2.05, 4.69) is 31.2 Å². The standard InChI is InChI=1S/C13H13BrClN3O/c1-3-16-12-7-13(18-8(2)17-12)19-11-6-9(14)4-5-10(11)15/h4-7H,3H2,1-2H3,(H,16,17,18). The van der Waals surface area contributed by atoms with Crippen molar-refractivity contribution < 1.29 is 4.74 Å². The van der Waals surface area contributed by atoms with Crippen LogP contribution in [0.4, 0.5) is 5.82 Å². The van der Waals surface area contributed by atoms with E-state index in [9.17, 15) is 0 Å². The molecule has 100 valence electrons. The molecule has 6 heteroatoms. The molecule has 0 saturated heterocycles. The van der Waals surface area contributed by atoms with Crippen LogP contribution in [-0.2, 0) is 0 Å². The van der Waals surface area contributed by atoms with Crippen LogP contribution in [0, 0.1) is 6.92 Å². The van der Waals surface area contributed by atoms with Crippen LogP contribution in [0.3, 0.4) is 0 Å². The van der Waals surface area contributed by atoms with Gasteiger partial charge in [-0.1, -0.05) is 27.5 Å². The Bertz CT molecular complexity index is 592. The van der Waals surface area contributed by atoms with Gasteiger partial charge in [0.05, 0.1) is 5.02 Å². The second-order valence-corrected chi connectivity index (χ2v) is 5.17. The maximum absolute atomic E-state index is 6.08. The normalized spacial score (nSPS) is 10.3. The van der Waals surface area contributed by atoms with E-state index in [1.165, 1.54) is 0 Å². The van der Waals surface area contributed by atoms with Crippen LogP contribution in [0.1, 0.15) is 12.7 Å². The number of nitrogens with one attached hydrogen (secondary N) is 1. The lowest BCUT2D eigenvalue weighted by Gasteiger charge is -2.09. The molecular formula is C13H13BrClN3O. The Kier molecular flexibility index (Phi) is 4.61. The van der Waals surface area contributed by atoms with E-state index >= 15 is 0 Å². The summed E-state index contributed by atoms with van der Waals surface area (Å²) >= 11 is 9.46. The number of benzene rings is 1. The van der Waals surface area contributed by atoms with Gasteiger partial charge in [0.15, 0.2) is 0 Å². The highest BCUT2D eigenvalue weighted by molar-refractivity contribution is 9.10. The van der Waals surface area contributed by atoms with Crippen LogP contribution in [-0.4, -0.2) is 16.5 Å². The van der Waals surface area contributed by atoms with Crippen molar-refractivity contribution in [3.8, 4) is 11.6 Å². The second-order valence-electron chi connectivity index (χ2n) is 3.85. The smallest absolute Gasteiger partial charge is 0.224 e. The van der Waals surface area contributed by atoms with Crippen molar-refractivity contribution in [3.05, 3.63) is 39.6 Å². The number of ether oxygens (including phenoxy) is 1. The molecule has 0 bridgehead atoms. The Morgan fingerprint density at radius 2 is 2.11 bits per heavy atom. The SMILES string of the molecule is CCNc1cc(Oc2cc(Br)ccc2Cl)nc(C)n1. The summed E-state index contributed by atoms with van der Waals surface area (Å²) in [5.41, 5.74) is 0. The zero-order chi connectivity index (χ0) is 13.8. The predicted molar refractivity (Wildman–Crippen MR) is 80.2 cm³/mol. The summed E-state index contributed by atoms with van der Waals surface area (Å²) in [6.45, 7) is 4.60. The topological polar surface area (TPSA) is 47.0 Å². The van der Waals surface area contributed by atoms with Gasteiger partial charge in [0.25, 0.3) is 0 Å². The largest absolute Gasteiger partial charge is 0.437 e. The van der Waals surface area contributed by atoms with Crippen LogP contribution in [0.5, 0.6) is 11.6 Å². The van der Waals surface area contributed by atoms with Gasteiger partial charge >= 0.3 is 0 Å². The van der Waals surface area contributed by atoms with E-state index in [0.29, 0.717) is 22.5 Å². The van der Waals surface area contributed by atoms with E-state index in [4.69, 9.17) is 16.3 Å². The third kappa shape index (κ3) is 3.81. The van der Waals surface area contributed by atoms with Crippen molar-refractivity contribution in [2.75, 3.05) is 11.9 Å². The van der Waals surface area contributed by atoms with Crippen LogP contribution in [0.25, 0.3) is 0 Å². The number of hydrogen-bond donors (Lipinski definition) is 1. The second kappa shape index (κ2) is 6.21. The number of anilines is 1. The number of hydrogen-bond acceptors (Lipinski definition) is 4. The molecule has 0 aliphatic heterocycles. The van der Waals surface area contributed by atoms with Gasteiger partial charge in [0.1, 0.15) is 17.4 Å². The predicted octanol–water partition coefficient (Wildman–Crippen LogP) is 4.43. The Balaban J connectivity index is 2.29. The molecule has 0 fully saturated rings. The zero-order valence-electron chi connectivity index (χ0n) is 10.6. The van der Waals surface area contributed by atoms with Crippen molar-refractivity contribution >= 4 is 33.3 Å². The lowest BCUT2D eigenvalue weighted by molar-refractivity contribution is 0.460. The van der Waals surface area contributed by atoms with E-state index in [0.717, 1.165) is 16.8 Å². The lowest BCUT2D eigenvalue weighted by Crippen LogP contribution is -2.02. The van der Waals surface area contributed by atoms with E-state index < -0.39 is 0 Å². The minimum Gasteiger partial charge on any atom is -0.437 e. The first-order valence-electron chi connectivity index (χ1n) is 5.81. The third-order valence-corrected chi connectivity index (χ3v) is 3.09. The molecule has 0 saturated carbocycles. The van der Waals surface area contributed by atoms with Gasteiger partial charge in [-0.2, -0.15) is 4.98 Å². The quantitative estimate of drug-likeness (QED) is 0.893. The van der Waals surface area contributed by atoms with Crippen LogP contribution in [0.15, 0.2) is 28.7 Å². The van der Waals surface area contributed by atoms with Gasteiger partial charge in [-0.3, -0.25) is 0 Å². The van der Waals surface area contributed by atoms with Crippen LogP contribution in [0.2, 0.25) is 5.02 Å². The molecule has 2 aromatic rings. The van der Waals surface area contributed by atoms with Crippen LogP contribution < -0.4 is 10.1 Å². The first-order valence-corrected chi connectivity index (χ1v) is 6.98.